The van der Waals surface area contributed by atoms with Crippen LogP contribution in [0, 0.1) is 0 Å². The van der Waals surface area contributed by atoms with Crippen molar-refractivity contribution >= 4 is 16.9 Å². The van der Waals surface area contributed by atoms with Crippen LogP contribution in [0.4, 0.5) is 0 Å². The van der Waals surface area contributed by atoms with Crippen molar-refractivity contribution in [3.05, 3.63) is 29.5 Å². The highest BCUT2D eigenvalue weighted by atomic mass is 16.5. The molecule has 1 aliphatic heterocycles. The zero-order valence-corrected chi connectivity index (χ0v) is 10.2. The fourth-order valence-corrected chi connectivity index (χ4v) is 2.40. The van der Waals surface area contributed by atoms with Crippen LogP contribution in [0.2, 0.25) is 0 Å². The van der Waals surface area contributed by atoms with E-state index in [1.54, 1.807) is 13.2 Å². The minimum absolute atomic E-state index is 0.225. The van der Waals surface area contributed by atoms with Gasteiger partial charge in [-0.15, -0.1) is 0 Å². The van der Waals surface area contributed by atoms with Crippen molar-refractivity contribution in [2.24, 2.45) is 0 Å². The average molecular weight is 246 g/mol. The number of carbonyl (C=O) groups is 1. The summed E-state index contributed by atoms with van der Waals surface area (Å²) in [7, 11) is 0. The van der Waals surface area contributed by atoms with Crippen molar-refractivity contribution in [3.8, 4) is 5.75 Å². The number of fused-ring (bicyclic) bond motifs is 3. The van der Waals surface area contributed by atoms with Gasteiger partial charge in [0.1, 0.15) is 11.3 Å². The molecule has 0 aliphatic carbocycles. The van der Waals surface area contributed by atoms with Gasteiger partial charge in [-0.2, -0.15) is 0 Å². The SMILES string of the molecule is CCOC(=O)Cc1coc2ccc3c(c12)CCO3. The van der Waals surface area contributed by atoms with Crippen molar-refractivity contribution in [1.82, 2.24) is 0 Å². The summed E-state index contributed by atoms with van der Waals surface area (Å²) >= 11 is 0. The maximum atomic E-state index is 11.6. The van der Waals surface area contributed by atoms with Crippen LogP contribution in [0.25, 0.3) is 11.0 Å². The lowest BCUT2D eigenvalue weighted by Crippen LogP contribution is -2.07. The van der Waals surface area contributed by atoms with Gasteiger partial charge in [0.15, 0.2) is 0 Å². The molecule has 0 radical (unpaired) electrons. The first-order valence-corrected chi connectivity index (χ1v) is 6.10. The summed E-state index contributed by atoms with van der Waals surface area (Å²) in [6.07, 6.45) is 2.75. The quantitative estimate of drug-likeness (QED) is 0.780. The Balaban J connectivity index is 2.02. The van der Waals surface area contributed by atoms with Crippen LogP contribution in [-0.2, 0) is 22.4 Å². The summed E-state index contributed by atoms with van der Waals surface area (Å²) in [5.74, 6) is 0.672. The molecule has 0 bridgehead atoms. The minimum atomic E-state index is -0.225. The molecule has 4 nitrogen and oxygen atoms in total. The Labute approximate surface area is 104 Å². The highest BCUT2D eigenvalue weighted by molar-refractivity contribution is 5.90. The lowest BCUT2D eigenvalue weighted by molar-refractivity contribution is -0.142. The molecule has 0 saturated carbocycles. The number of esters is 1. The predicted molar refractivity (Wildman–Crippen MR) is 65.8 cm³/mol. The van der Waals surface area contributed by atoms with Gasteiger partial charge in [-0.25, -0.2) is 0 Å². The predicted octanol–water partition coefficient (Wildman–Crippen LogP) is 2.47. The van der Waals surface area contributed by atoms with Gasteiger partial charge in [0.05, 0.1) is 25.9 Å². The highest BCUT2D eigenvalue weighted by Gasteiger charge is 2.20. The summed E-state index contributed by atoms with van der Waals surface area (Å²) < 4.78 is 16.0. The molecule has 0 saturated heterocycles. The maximum absolute atomic E-state index is 11.6. The first-order chi connectivity index (χ1) is 8.79. The Kier molecular flexibility index (Phi) is 2.70. The number of ether oxygens (including phenoxy) is 2. The maximum Gasteiger partial charge on any atom is 0.310 e. The van der Waals surface area contributed by atoms with Gasteiger partial charge in [0, 0.05) is 22.9 Å². The molecule has 1 aromatic heterocycles. The molecular weight excluding hydrogens is 232 g/mol. The summed E-state index contributed by atoms with van der Waals surface area (Å²) in [6, 6.07) is 3.80. The normalized spacial score (nSPS) is 13.4. The minimum Gasteiger partial charge on any atom is -0.493 e. The third-order valence-electron chi connectivity index (χ3n) is 3.13. The second-order valence-corrected chi connectivity index (χ2v) is 4.26. The molecule has 18 heavy (non-hydrogen) atoms. The van der Waals surface area contributed by atoms with E-state index in [1.807, 2.05) is 12.1 Å². The number of hydrogen-bond acceptors (Lipinski definition) is 4. The molecule has 2 aromatic rings. The second kappa shape index (κ2) is 4.37. The first-order valence-electron chi connectivity index (χ1n) is 6.10. The number of rotatable bonds is 3. The van der Waals surface area contributed by atoms with Crippen LogP contribution in [0.15, 0.2) is 22.8 Å². The molecule has 0 amide bonds. The molecular formula is C14H14O4. The van der Waals surface area contributed by atoms with E-state index >= 15 is 0 Å². The van der Waals surface area contributed by atoms with Gasteiger partial charge in [-0.05, 0) is 19.1 Å². The average Bonchev–Trinajstić information content (AvgIpc) is 2.94. The van der Waals surface area contributed by atoms with E-state index in [9.17, 15) is 4.79 Å². The van der Waals surface area contributed by atoms with Crippen LogP contribution in [-0.4, -0.2) is 19.2 Å². The largest absolute Gasteiger partial charge is 0.493 e. The third-order valence-corrected chi connectivity index (χ3v) is 3.13. The van der Waals surface area contributed by atoms with Crippen molar-refractivity contribution in [3.63, 3.8) is 0 Å². The van der Waals surface area contributed by atoms with Crippen LogP contribution in [0.5, 0.6) is 5.75 Å². The van der Waals surface area contributed by atoms with Crippen molar-refractivity contribution < 1.29 is 18.7 Å². The smallest absolute Gasteiger partial charge is 0.310 e. The standard InChI is InChI=1S/C14H14O4/c1-2-16-13(15)7-9-8-18-12-4-3-11-10(14(9)12)5-6-17-11/h3-4,8H,2,5-7H2,1H3. The van der Waals surface area contributed by atoms with Crippen LogP contribution in [0.3, 0.4) is 0 Å². The number of hydrogen-bond donors (Lipinski definition) is 0. The summed E-state index contributed by atoms with van der Waals surface area (Å²) in [6.45, 7) is 2.89. The lowest BCUT2D eigenvalue weighted by Gasteiger charge is -2.02. The van der Waals surface area contributed by atoms with Crippen molar-refractivity contribution in [2.45, 2.75) is 19.8 Å². The molecule has 1 aliphatic rings. The highest BCUT2D eigenvalue weighted by Crippen LogP contribution is 2.35. The van der Waals surface area contributed by atoms with E-state index in [0.717, 1.165) is 34.3 Å². The number of furan rings is 1. The van der Waals surface area contributed by atoms with E-state index in [4.69, 9.17) is 13.9 Å². The fourth-order valence-electron chi connectivity index (χ4n) is 2.40. The Bertz CT molecular complexity index is 597. The van der Waals surface area contributed by atoms with Gasteiger partial charge in [-0.1, -0.05) is 0 Å². The molecule has 2 heterocycles. The summed E-state index contributed by atoms with van der Waals surface area (Å²) in [5.41, 5.74) is 2.82. The molecule has 0 atom stereocenters. The molecule has 0 unspecified atom stereocenters. The molecule has 1 aromatic carbocycles. The number of benzene rings is 1. The van der Waals surface area contributed by atoms with Gasteiger partial charge in [0.2, 0.25) is 0 Å². The van der Waals surface area contributed by atoms with E-state index in [-0.39, 0.29) is 12.4 Å². The zero-order chi connectivity index (χ0) is 12.5. The molecule has 4 heteroatoms. The van der Waals surface area contributed by atoms with Gasteiger partial charge in [-0.3, -0.25) is 4.79 Å². The molecule has 0 N–H and O–H groups in total. The second-order valence-electron chi connectivity index (χ2n) is 4.26. The Morgan fingerprint density at radius 2 is 2.33 bits per heavy atom. The van der Waals surface area contributed by atoms with Crippen LogP contribution >= 0.6 is 0 Å². The van der Waals surface area contributed by atoms with E-state index in [0.29, 0.717) is 13.2 Å². The summed E-state index contributed by atoms with van der Waals surface area (Å²) in [4.78, 5) is 11.6. The Morgan fingerprint density at radius 1 is 1.44 bits per heavy atom. The Hall–Kier alpha value is -1.97. The molecule has 0 spiro atoms. The fraction of sp³-hybridized carbons (Fsp3) is 0.357. The topological polar surface area (TPSA) is 48.7 Å². The molecule has 3 rings (SSSR count). The van der Waals surface area contributed by atoms with Crippen LogP contribution in [0.1, 0.15) is 18.1 Å². The summed E-state index contributed by atoms with van der Waals surface area (Å²) in [5, 5.41) is 1.01. The van der Waals surface area contributed by atoms with Gasteiger partial charge >= 0.3 is 5.97 Å². The molecule has 0 fully saturated rings. The van der Waals surface area contributed by atoms with E-state index < -0.39 is 0 Å². The van der Waals surface area contributed by atoms with E-state index in [1.165, 1.54) is 0 Å². The van der Waals surface area contributed by atoms with E-state index in [2.05, 4.69) is 0 Å². The monoisotopic (exact) mass is 246 g/mol. The lowest BCUT2D eigenvalue weighted by atomic mass is 10.0. The first kappa shape index (κ1) is 11.1. The van der Waals surface area contributed by atoms with Crippen molar-refractivity contribution in [2.75, 3.05) is 13.2 Å². The van der Waals surface area contributed by atoms with Crippen molar-refractivity contribution in [1.29, 1.82) is 0 Å². The zero-order valence-electron chi connectivity index (χ0n) is 10.2. The molecule has 94 valence electrons. The number of carbonyl (C=O) groups excluding carboxylic acids is 1. The van der Waals surface area contributed by atoms with Gasteiger partial charge in [0.25, 0.3) is 0 Å². The van der Waals surface area contributed by atoms with Crippen LogP contribution < -0.4 is 4.74 Å². The third kappa shape index (κ3) is 1.74. The van der Waals surface area contributed by atoms with Gasteiger partial charge < -0.3 is 13.9 Å². The Morgan fingerprint density at radius 3 is 3.17 bits per heavy atom.